The Kier molecular flexibility index (Phi) is 5.87. The number of hydrogen-bond acceptors (Lipinski definition) is 5. The summed E-state index contributed by atoms with van der Waals surface area (Å²) in [5.41, 5.74) is 1.22. The van der Waals surface area contributed by atoms with Crippen LogP contribution in [-0.4, -0.2) is 46.6 Å². The zero-order chi connectivity index (χ0) is 23.1. The van der Waals surface area contributed by atoms with Gasteiger partial charge >= 0.3 is 5.97 Å². The summed E-state index contributed by atoms with van der Waals surface area (Å²) in [5, 5.41) is 26.1. The quantitative estimate of drug-likeness (QED) is 0.448. The number of nitrogens with one attached hydrogen (secondary N) is 1. The molecule has 0 aromatic rings. The second-order valence-corrected chi connectivity index (χ2v) is 10.5. The van der Waals surface area contributed by atoms with Crippen molar-refractivity contribution in [3.63, 3.8) is 0 Å². The van der Waals surface area contributed by atoms with Gasteiger partial charge in [-0.15, -0.1) is 6.42 Å². The number of terminal acetylenes is 1. The number of oxime groups is 1. The van der Waals surface area contributed by atoms with Crippen LogP contribution < -0.4 is 5.32 Å². The van der Waals surface area contributed by atoms with Crippen LogP contribution in [0.4, 0.5) is 0 Å². The van der Waals surface area contributed by atoms with Crippen molar-refractivity contribution in [2.24, 2.45) is 33.7 Å². The number of carboxylic acids is 1. The zero-order valence-corrected chi connectivity index (χ0v) is 19.0. The Bertz CT molecular complexity index is 904. The lowest BCUT2D eigenvalue weighted by Gasteiger charge is -2.58. The smallest absolute Gasteiger partial charge is 0.322 e. The van der Waals surface area contributed by atoms with Gasteiger partial charge in [0.25, 0.3) is 5.91 Å². The molecule has 7 heteroatoms. The number of fused-ring (bicyclic) bond motifs is 5. The second-order valence-electron chi connectivity index (χ2n) is 10.5. The third kappa shape index (κ3) is 3.63. The van der Waals surface area contributed by atoms with Crippen molar-refractivity contribution in [3.05, 3.63) is 11.6 Å². The summed E-state index contributed by atoms with van der Waals surface area (Å²) >= 11 is 0. The highest BCUT2D eigenvalue weighted by atomic mass is 16.6. The van der Waals surface area contributed by atoms with Crippen LogP contribution in [0, 0.1) is 40.9 Å². The van der Waals surface area contributed by atoms with Crippen LogP contribution in [0.2, 0.25) is 0 Å². The fourth-order valence-corrected chi connectivity index (χ4v) is 7.30. The standard InChI is InChI=1S/C25H34N2O5/c1-4-25(31)12-9-20-18-6-5-16-13-17(27-32-15-21(28)26-14-22(29)30)7-10-23(16,2)19(18)8-11-24(20,25)3/h1,13,18-20,31H,5-12,14-15H2,2-3H3,(H,26,28)(H,29,30)/t18-,19-,20-,23+,24+,25-/m1/s1. The summed E-state index contributed by atoms with van der Waals surface area (Å²) in [6.45, 7) is 3.88. The van der Waals surface area contributed by atoms with Crippen molar-refractivity contribution in [3.8, 4) is 12.3 Å². The van der Waals surface area contributed by atoms with Gasteiger partial charge in [0.2, 0.25) is 0 Å². The highest BCUT2D eigenvalue weighted by Gasteiger charge is 2.63. The molecule has 0 aromatic carbocycles. The molecule has 7 nitrogen and oxygen atoms in total. The van der Waals surface area contributed by atoms with Gasteiger partial charge in [-0.3, -0.25) is 9.59 Å². The van der Waals surface area contributed by atoms with E-state index in [0.29, 0.717) is 24.2 Å². The first-order chi connectivity index (χ1) is 15.1. The van der Waals surface area contributed by atoms with Gasteiger partial charge in [0.15, 0.2) is 6.61 Å². The Morgan fingerprint density at radius 3 is 2.69 bits per heavy atom. The van der Waals surface area contributed by atoms with Crippen LogP contribution in [0.1, 0.15) is 65.2 Å². The molecule has 0 radical (unpaired) electrons. The molecular formula is C25H34N2O5. The third-order valence-corrected chi connectivity index (χ3v) is 9.18. The van der Waals surface area contributed by atoms with Gasteiger partial charge in [0.05, 0.1) is 5.71 Å². The summed E-state index contributed by atoms with van der Waals surface area (Å²) in [5.74, 6) is 2.80. The first kappa shape index (κ1) is 22.8. The van der Waals surface area contributed by atoms with Gasteiger partial charge < -0.3 is 20.4 Å². The average molecular weight is 443 g/mol. The number of carboxylic acid groups (broad SMARTS) is 1. The van der Waals surface area contributed by atoms with Crippen LogP contribution in [0.3, 0.4) is 0 Å². The van der Waals surface area contributed by atoms with Crippen molar-refractivity contribution in [1.82, 2.24) is 5.32 Å². The Morgan fingerprint density at radius 1 is 1.22 bits per heavy atom. The molecule has 4 aliphatic rings. The second kappa shape index (κ2) is 8.22. The average Bonchev–Trinajstić information content (AvgIpc) is 3.04. The predicted molar refractivity (Wildman–Crippen MR) is 120 cm³/mol. The maximum Gasteiger partial charge on any atom is 0.322 e. The molecule has 6 atom stereocenters. The molecule has 4 rings (SSSR count). The highest BCUT2D eigenvalue weighted by molar-refractivity contribution is 5.96. The molecule has 0 bridgehead atoms. The lowest BCUT2D eigenvalue weighted by Crippen LogP contribution is -2.54. The Labute approximate surface area is 189 Å². The number of allylic oxidation sites excluding steroid dienone is 2. The van der Waals surface area contributed by atoms with Gasteiger partial charge in [0.1, 0.15) is 12.1 Å². The van der Waals surface area contributed by atoms with Crippen molar-refractivity contribution in [2.45, 2.75) is 70.8 Å². The van der Waals surface area contributed by atoms with Gasteiger partial charge in [-0.05, 0) is 80.6 Å². The molecule has 0 unspecified atom stereocenters. The van der Waals surface area contributed by atoms with E-state index in [4.69, 9.17) is 16.4 Å². The zero-order valence-electron chi connectivity index (χ0n) is 19.0. The number of rotatable bonds is 5. The van der Waals surface area contributed by atoms with E-state index in [1.54, 1.807) is 0 Å². The maximum absolute atomic E-state index is 11.6. The molecule has 0 aromatic heterocycles. The normalized spacial score (nSPS) is 41.5. The van der Waals surface area contributed by atoms with E-state index in [2.05, 4.69) is 36.3 Å². The SMILES string of the molecule is C#C[C@@]1(O)CC[C@@H]2[C@@H]3CCC4=CC(=NOCC(=O)NCC(=O)O)CC[C@]4(C)[C@@H]3CC[C@@]21C. The minimum atomic E-state index is -1.10. The van der Waals surface area contributed by atoms with Crippen molar-refractivity contribution in [2.75, 3.05) is 13.2 Å². The molecular weight excluding hydrogens is 408 g/mol. The topological polar surface area (TPSA) is 108 Å². The van der Waals surface area contributed by atoms with E-state index >= 15 is 0 Å². The molecule has 0 spiro atoms. The molecule has 32 heavy (non-hydrogen) atoms. The fourth-order valence-electron chi connectivity index (χ4n) is 7.30. The third-order valence-electron chi connectivity index (χ3n) is 9.18. The molecule has 0 heterocycles. The monoisotopic (exact) mass is 442 g/mol. The summed E-state index contributed by atoms with van der Waals surface area (Å²) in [4.78, 5) is 27.3. The molecule has 3 saturated carbocycles. The Balaban J connectivity index is 1.44. The first-order valence-electron chi connectivity index (χ1n) is 11.7. The van der Waals surface area contributed by atoms with Crippen LogP contribution in [-0.2, 0) is 14.4 Å². The molecule has 3 N–H and O–H groups in total. The number of carbonyl (C=O) groups excluding carboxylic acids is 1. The van der Waals surface area contributed by atoms with Crippen molar-refractivity contribution in [1.29, 1.82) is 0 Å². The Morgan fingerprint density at radius 2 is 1.97 bits per heavy atom. The maximum atomic E-state index is 11.6. The Hall–Kier alpha value is -2.33. The van der Waals surface area contributed by atoms with E-state index in [9.17, 15) is 14.7 Å². The summed E-state index contributed by atoms with van der Waals surface area (Å²) in [6.07, 6.45) is 15.6. The van der Waals surface area contributed by atoms with E-state index in [-0.39, 0.29) is 17.4 Å². The summed E-state index contributed by atoms with van der Waals surface area (Å²) in [7, 11) is 0. The molecule has 3 fully saturated rings. The van der Waals surface area contributed by atoms with Crippen LogP contribution >= 0.6 is 0 Å². The van der Waals surface area contributed by atoms with E-state index in [0.717, 1.165) is 50.7 Å². The van der Waals surface area contributed by atoms with Crippen molar-refractivity contribution < 1.29 is 24.6 Å². The molecule has 1 amide bonds. The van der Waals surface area contributed by atoms with Gasteiger partial charge in [-0.2, -0.15) is 0 Å². The van der Waals surface area contributed by atoms with Crippen molar-refractivity contribution >= 4 is 17.6 Å². The highest BCUT2D eigenvalue weighted by Crippen LogP contribution is 2.67. The predicted octanol–water partition coefficient (Wildman–Crippen LogP) is 2.89. The van der Waals surface area contributed by atoms with Crippen LogP contribution in [0.5, 0.6) is 0 Å². The fraction of sp³-hybridized carbons (Fsp3) is 0.720. The molecule has 0 saturated heterocycles. The number of nitrogens with zero attached hydrogens (tertiary/aromatic N) is 1. The van der Waals surface area contributed by atoms with Gasteiger partial charge in [-0.1, -0.05) is 30.5 Å². The number of amides is 1. The summed E-state index contributed by atoms with van der Waals surface area (Å²) < 4.78 is 0. The lowest BCUT2D eigenvalue weighted by molar-refractivity contribution is -0.138. The number of aliphatic hydroxyl groups is 1. The first-order valence-corrected chi connectivity index (χ1v) is 11.7. The molecule has 174 valence electrons. The molecule has 4 aliphatic carbocycles. The van der Waals surface area contributed by atoms with E-state index in [1.807, 2.05) is 0 Å². The minimum Gasteiger partial charge on any atom is -0.480 e. The van der Waals surface area contributed by atoms with E-state index < -0.39 is 24.0 Å². The van der Waals surface area contributed by atoms with Crippen LogP contribution in [0.25, 0.3) is 0 Å². The number of carbonyl (C=O) groups is 2. The summed E-state index contributed by atoms with van der Waals surface area (Å²) in [6, 6.07) is 0. The van der Waals surface area contributed by atoms with Crippen LogP contribution in [0.15, 0.2) is 16.8 Å². The molecule has 0 aliphatic heterocycles. The van der Waals surface area contributed by atoms with Gasteiger partial charge in [-0.25, -0.2) is 0 Å². The largest absolute Gasteiger partial charge is 0.480 e. The number of aliphatic carboxylic acids is 1. The van der Waals surface area contributed by atoms with E-state index in [1.165, 1.54) is 5.57 Å². The minimum absolute atomic E-state index is 0.124. The lowest BCUT2D eigenvalue weighted by atomic mass is 9.46. The van der Waals surface area contributed by atoms with Gasteiger partial charge in [0, 0.05) is 5.41 Å². The number of hydrogen-bond donors (Lipinski definition) is 3.